The first-order chi connectivity index (χ1) is 47.8. The number of nitrogens with zero attached hydrogens (tertiary/aromatic N) is 12. The van der Waals surface area contributed by atoms with Crippen molar-refractivity contribution in [3.8, 4) is 0 Å². The van der Waals surface area contributed by atoms with Gasteiger partial charge in [-0.15, -0.1) is 0 Å². The van der Waals surface area contributed by atoms with Crippen molar-refractivity contribution in [3.63, 3.8) is 0 Å². The smallest absolute Gasteiger partial charge is 0.254 e. The fraction of sp³-hybridized carbons (Fsp3) is 0.458. The summed E-state index contributed by atoms with van der Waals surface area (Å²) in [4.78, 5) is 94.0. The fourth-order valence-electron chi connectivity index (χ4n) is 13.2. The molecule has 0 radical (unpaired) electrons. The molecular weight excluding hydrogens is 1250 g/mol. The molecule has 6 amide bonds. The Morgan fingerprint density at radius 2 is 0.697 bits per heavy atom. The van der Waals surface area contributed by atoms with Crippen molar-refractivity contribution in [2.75, 3.05) is 35.6 Å². The number of hydrogen-bond donors (Lipinski definition) is 9. The van der Waals surface area contributed by atoms with Crippen LogP contribution in [-0.4, -0.2) is 103 Å². The Balaban J connectivity index is 0.000000161. The Kier molecular flexibility index (Phi) is 22.8. The van der Waals surface area contributed by atoms with E-state index in [1.807, 2.05) is 66.7 Å². The van der Waals surface area contributed by atoms with E-state index in [-0.39, 0.29) is 95.3 Å². The molecule has 6 aromatic rings. The number of benzene rings is 3. The normalized spacial score (nSPS) is 22.2. The lowest BCUT2D eigenvalue weighted by Gasteiger charge is -2.37. The third-order valence-corrected chi connectivity index (χ3v) is 19.8. The van der Waals surface area contributed by atoms with E-state index < -0.39 is 34.3 Å². The molecule has 0 saturated heterocycles. The van der Waals surface area contributed by atoms with Gasteiger partial charge in [0.2, 0.25) is 37.4 Å². The minimum Gasteiger partial charge on any atom is -0.365 e. The van der Waals surface area contributed by atoms with Crippen LogP contribution < -0.4 is 49.1 Å². The number of rotatable bonds is 24. The number of primary amides is 3. The maximum Gasteiger partial charge on any atom is 0.254 e. The van der Waals surface area contributed by atoms with E-state index in [0.29, 0.717) is 61.6 Å². The summed E-state index contributed by atoms with van der Waals surface area (Å²) in [6.07, 6.45) is 19.2. The number of hydrogen-bond acceptors (Lipinski definition) is 12. The van der Waals surface area contributed by atoms with Crippen LogP contribution in [0.2, 0.25) is 0 Å². The molecule has 0 bridgehead atoms. The van der Waals surface area contributed by atoms with Gasteiger partial charge in [-0.2, -0.15) is 15.3 Å². The third-order valence-electron chi connectivity index (χ3n) is 19.8. The van der Waals surface area contributed by atoms with Crippen LogP contribution in [0.1, 0.15) is 163 Å². The van der Waals surface area contributed by atoms with E-state index in [9.17, 15) is 28.8 Å². The molecular formula is C72H81N21O6. The first-order valence-corrected chi connectivity index (χ1v) is 33.5. The van der Waals surface area contributed by atoms with Gasteiger partial charge < -0.3 is 63.6 Å². The molecule has 3 heterocycles. The zero-order valence-corrected chi connectivity index (χ0v) is 55.1. The molecule has 3 aromatic carbocycles. The Labute approximate surface area is 575 Å². The predicted octanol–water partition coefficient (Wildman–Crippen LogP) is 9.68. The topological polar surface area (TPSA) is 332 Å². The number of anilines is 3. The van der Waals surface area contributed by atoms with E-state index in [4.69, 9.17) is 56.6 Å². The lowest BCUT2D eigenvalue weighted by atomic mass is 9.79. The molecule has 6 fully saturated rings. The van der Waals surface area contributed by atoms with Crippen molar-refractivity contribution < 1.29 is 28.8 Å². The van der Waals surface area contributed by atoms with Gasteiger partial charge in [-0.3, -0.25) is 42.8 Å². The second kappa shape index (κ2) is 31.9. The van der Waals surface area contributed by atoms with Gasteiger partial charge in [-0.25, -0.2) is 34.3 Å². The van der Waals surface area contributed by atoms with Crippen LogP contribution in [0.25, 0.3) is 29.1 Å². The molecule has 12 N–H and O–H groups in total. The van der Waals surface area contributed by atoms with Crippen molar-refractivity contribution in [1.82, 2.24) is 45.3 Å². The molecule has 0 atom stereocenters. The Hall–Kier alpha value is -11.1. The monoisotopic (exact) mass is 1340 g/mol. The molecule has 27 nitrogen and oxygen atoms in total. The molecule has 3 aromatic heterocycles. The van der Waals surface area contributed by atoms with Crippen LogP contribution >= 0.6 is 0 Å². The molecule has 0 aliphatic heterocycles. The van der Waals surface area contributed by atoms with E-state index in [0.717, 1.165) is 119 Å². The zero-order chi connectivity index (χ0) is 70.3. The van der Waals surface area contributed by atoms with Gasteiger partial charge in [0.05, 0.1) is 19.7 Å². The van der Waals surface area contributed by atoms with E-state index in [1.54, 1.807) is 38.7 Å². The van der Waals surface area contributed by atoms with E-state index in [2.05, 4.69) is 76.3 Å². The Bertz CT molecular complexity index is 4030. The molecule has 6 aliphatic rings. The summed E-state index contributed by atoms with van der Waals surface area (Å²) in [6.45, 7) is 46.6. The van der Waals surface area contributed by atoms with Gasteiger partial charge in [0, 0.05) is 74.1 Å². The molecule has 510 valence electrons. The van der Waals surface area contributed by atoms with Crippen LogP contribution in [0.15, 0.2) is 91.4 Å². The highest BCUT2D eigenvalue weighted by atomic mass is 16.2. The minimum absolute atomic E-state index is 0.0211. The standard InChI is InChI=1S/3C24H27N7O2/c2*1-26-15-24(31-14-20(21(25)32)22(30-31)29-23(33)17-5-6-17)11-9-19(10-12-24)28-13-16-3-7-18(27-2)8-4-16;1-26-15-24(31-14-20(21(25)32)22(30-31)29-23(33)17-6-7-17)10-8-18(9-11-24)28-13-16-4-3-5-19(12-16)27-2/h2*3-4,7-8,14,17,19,28H,5-6,9-13,15H2,(H2,25,32)(H,29,30,33);3-5,12,14,17-18,28H,6-11,13,15H2,(H2,25,32)(H,29,30,33). The summed E-state index contributed by atoms with van der Waals surface area (Å²) < 4.78 is 5.06. The quantitative estimate of drug-likeness (QED) is 0.0256. The van der Waals surface area contributed by atoms with Crippen molar-refractivity contribution in [1.29, 1.82) is 0 Å². The third kappa shape index (κ3) is 17.9. The first kappa shape index (κ1) is 70.7. The average Bonchev–Trinajstić information content (AvgIpc) is 1.64. The van der Waals surface area contributed by atoms with Gasteiger partial charge in [-0.05, 0) is 132 Å². The van der Waals surface area contributed by atoms with Crippen LogP contribution in [-0.2, 0) is 50.6 Å². The van der Waals surface area contributed by atoms with Crippen molar-refractivity contribution in [3.05, 3.63) is 193 Å². The van der Waals surface area contributed by atoms with Crippen LogP contribution in [0.5, 0.6) is 0 Å². The molecule has 0 unspecified atom stereocenters. The van der Waals surface area contributed by atoms with Crippen molar-refractivity contribution in [2.24, 2.45) is 35.0 Å². The van der Waals surface area contributed by atoms with Gasteiger partial charge >= 0.3 is 0 Å². The summed E-state index contributed by atoms with van der Waals surface area (Å²) in [7, 11) is 0. The number of aromatic nitrogens is 6. The molecule has 6 saturated carbocycles. The zero-order valence-electron chi connectivity index (χ0n) is 55.1. The largest absolute Gasteiger partial charge is 0.365 e. The SMILES string of the molecule is [C-]#[N+]CC1(n2cc(C(N)=O)c(NC(=O)C3CC3)n2)CCC(NCc2ccc([N+]#[C-])cc2)CC1.[C-]#[N+]CC1(n2cc(C(N)=O)c(NC(=O)C3CC3)n2)CCC(NCc2ccc([N+]#[C-])cc2)CC1.[C-]#[N+]CC1(n2cc(C(N)=O)c(NC(=O)C3CC3)n2)CCC(NCc2cccc([N+]#[C-])c2)CC1. The summed E-state index contributed by atoms with van der Waals surface area (Å²) in [5, 5.41) is 32.5. The highest BCUT2D eigenvalue weighted by molar-refractivity contribution is 6.04. The van der Waals surface area contributed by atoms with Gasteiger partial charge in [0.1, 0.15) is 33.3 Å². The summed E-state index contributed by atoms with van der Waals surface area (Å²) >= 11 is 0. The second-order valence-corrected chi connectivity index (χ2v) is 26.8. The Morgan fingerprint density at radius 3 is 0.960 bits per heavy atom. The predicted molar refractivity (Wildman–Crippen MR) is 370 cm³/mol. The van der Waals surface area contributed by atoms with E-state index >= 15 is 0 Å². The second-order valence-electron chi connectivity index (χ2n) is 26.8. The molecule has 6 aliphatic carbocycles. The molecule has 0 spiro atoms. The number of carbonyl (C=O) groups is 6. The van der Waals surface area contributed by atoms with Gasteiger partial charge in [0.25, 0.3) is 17.7 Å². The van der Waals surface area contributed by atoms with Crippen molar-refractivity contribution >= 4 is 70.0 Å². The number of carbonyl (C=O) groups excluding carboxylic acids is 6. The summed E-state index contributed by atoms with van der Waals surface area (Å²) in [5.41, 5.74) is 20.7. The lowest BCUT2D eigenvalue weighted by molar-refractivity contribution is -0.118. The molecule has 27 heteroatoms. The van der Waals surface area contributed by atoms with Gasteiger partial charge in [0.15, 0.2) is 34.5 Å². The number of nitrogens with two attached hydrogens (primary N) is 3. The number of amides is 6. The highest BCUT2D eigenvalue weighted by Crippen LogP contribution is 2.41. The fourth-order valence-corrected chi connectivity index (χ4v) is 13.2. The van der Waals surface area contributed by atoms with E-state index in [1.165, 1.54) is 0 Å². The highest BCUT2D eigenvalue weighted by Gasteiger charge is 2.45. The maximum atomic E-state index is 12.2. The van der Waals surface area contributed by atoms with Gasteiger partial charge in [-0.1, -0.05) is 72.8 Å². The Morgan fingerprint density at radius 1 is 0.404 bits per heavy atom. The average molecular weight is 1340 g/mol. The molecule has 12 rings (SSSR count). The summed E-state index contributed by atoms with van der Waals surface area (Å²) in [6, 6.07) is 23.5. The molecule has 99 heavy (non-hydrogen) atoms. The maximum absolute atomic E-state index is 12.2. The van der Waals surface area contributed by atoms with Crippen LogP contribution in [0, 0.1) is 57.2 Å². The number of nitrogens with one attached hydrogen (secondary N) is 6. The van der Waals surface area contributed by atoms with Crippen LogP contribution in [0.3, 0.4) is 0 Å². The minimum atomic E-state index is -0.651. The lowest BCUT2D eigenvalue weighted by Crippen LogP contribution is -2.45. The van der Waals surface area contributed by atoms with Crippen molar-refractivity contribution in [2.45, 2.75) is 170 Å². The first-order valence-electron chi connectivity index (χ1n) is 33.5. The van der Waals surface area contributed by atoms with Crippen LogP contribution in [0.4, 0.5) is 34.5 Å². The summed E-state index contributed by atoms with van der Waals surface area (Å²) in [5.74, 6) is -1.88.